The molecule has 5 nitrogen and oxygen atoms in total. The van der Waals surface area contributed by atoms with E-state index in [0.717, 1.165) is 21.7 Å². The van der Waals surface area contributed by atoms with Crippen molar-refractivity contribution in [2.45, 2.75) is 0 Å². The third-order valence-corrected chi connectivity index (χ3v) is 4.19. The predicted octanol–water partition coefficient (Wildman–Crippen LogP) is 3.45. The number of fused-ring (bicyclic) bond motifs is 2. The van der Waals surface area contributed by atoms with Crippen LogP contribution in [-0.2, 0) is 0 Å². The first-order valence-electron chi connectivity index (χ1n) is 8.15. The van der Waals surface area contributed by atoms with E-state index in [4.69, 9.17) is 0 Å². The number of aromatic amines is 1. The van der Waals surface area contributed by atoms with Crippen molar-refractivity contribution in [2.75, 3.05) is 0 Å². The van der Waals surface area contributed by atoms with Crippen molar-refractivity contribution in [3.05, 3.63) is 94.3 Å². The Kier molecular flexibility index (Phi) is 4.03. The zero-order valence-corrected chi connectivity index (χ0v) is 13.8. The molecule has 0 bridgehead atoms. The summed E-state index contributed by atoms with van der Waals surface area (Å²) in [6.07, 6.45) is 1.36. The first-order chi connectivity index (χ1) is 12.7. The number of carbonyl (C=O) groups is 1. The number of rotatable bonds is 3. The predicted molar refractivity (Wildman–Crippen MR) is 104 cm³/mol. The summed E-state index contributed by atoms with van der Waals surface area (Å²) in [6, 6.07) is 22.4. The fourth-order valence-electron chi connectivity index (χ4n) is 2.90. The Morgan fingerprint density at radius 3 is 2.54 bits per heavy atom. The number of H-pyrrole nitrogens is 1. The van der Waals surface area contributed by atoms with Crippen LogP contribution < -0.4 is 11.0 Å². The van der Waals surface area contributed by atoms with Gasteiger partial charge in [-0.1, -0.05) is 54.6 Å². The highest BCUT2D eigenvalue weighted by Crippen LogP contribution is 2.18. The second kappa shape index (κ2) is 6.64. The minimum atomic E-state index is -0.324. The monoisotopic (exact) mass is 341 g/mol. The van der Waals surface area contributed by atoms with Gasteiger partial charge in [0.1, 0.15) is 0 Å². The van der Waals surface area contributed by atoms with Gasteiger partial charge in [-0.15, -0.1) is 0 Å². The lowest BCUT2D eigenvalue weighted by Crippen LogP contribution is -2.19. The maximum atomic E-state index is 12.4. The largest absolute Gasteiger partial charge is 0.321 e. The molecule has 0 aliphatic carbocycles. The Morgan fingerprint density at radius 2 is 1.65 bits per heavy atom. The van der Waals surface area contributed by atoms with Gasteiger partial charge in [-0.2, -0.15) is 5.10 Å². The summed E-state index contributed by atoms with van der Waals surface area (Å²) in [5.41, 5.74) is 3.91. The standard InChI is InChI=1S/C21H15N3O2/c25-20-16(12-15-7-2-4-11-19(15)23-20)13-22-24-21(26)18-10-5-8-14-6-1-3-9-17(14)18/h1-13H,(H,23,25)(H,24,26)/b22-13-. The molecule has 3 aromatic carbocycles. The molecule has 4 aromatic rings. The summed E-state index contributed by atoms with van der Waals surface area (Å²) in [7, 11) is 0. The zero-order chi connectivity index (χ0) is 17.9. The number of hydrazone groups is 1. The topological polar surface area (TPSA) is 74.3 Å². The van der Waals surface area contributed by atoms with Gasteiger partial charge in [0, 0.05) is 11.1 Å². The summed E-state index contributed by atoms with van der Waals surface area (Å²) in [5, 5.41) is 6.68. The number of carbonyl (C=O) groups excluding carboxylic acids is 1. The number of amides is 1. The molecule has 0 spiro atoms. The third-order valence-electron chi connectivity index (χ3n) is 4.19. The van der Waals surface area contributed by atoms with Crippen molar-refractivity contribution < 1.29 is 4.79 Å². The van der Waals surface area contributed by atoms with E-state index in [1.54, 1.807) is 12.1 Å². The zero-order valence-electron chi connectivity index (χ0n) is 13.8. The van der Waals surface area contributed by atoms with E-state index in [0.29, 0.717) is 11.1 Å². The van der Waals surface area contributed by atoms with Crippen LogP contribution in [-0.4, -0.2) is 17.1 Å². The number of benzene rings is 3. The maximum Gasteiger partial charge on any atom is 0.271 e. The molecule has 0 aliphatic rings. The van der Waals surface area contributed by atoms with Crippen LogP contribution in [0.1, 0.15) is 15.9 Å². The van der Waals surface area contributed by atoms with Gasteiger partial charge in [-0.25, -0.2) is 5.43 Å². The van der Waals surface area contributed by atoms with Gasteiger partial charge in [0.25, 0.3) is 11.5 Å². The van der Waals surface area contributed by atoms with Crippen molar-refractivity contribution in [3.8, 4) is 0 Å². The molecule has 126 valence electrons. The molecule has 26 heavy (non-hydrogen) atoms. The molecule has 4 rings (SSSR count). The van der Waals surface area contributed by atoms with Crippen molar-refractivity contribution in [1.82, 2.24) is 10.4 Å². The van der Waals surface area contributed by atoms with Gasteiger partial charge in [0.15, 0.2) is 0 Å². The molecule has 1 heterocycles. The van der Waals surface area contributed by atoms with Gasteiger partial charge in [-0.3, -0.25) is 9.59 Å². The molecule has 0 unspecified atom stereocenters. The minimum Gasteiger partial charge on any atom is -0.321 e. The van der Waals surface area contributed by atoms with Crippen LogP contribution in [0.2, 0.25) is 0 Å². The van der Waals surface area contributed by atoms with Crippen LogP contribution in [0, 0.1) is 0 Å². The quantitative estimate of drug-likeness (QED) is 0.442. The van der Waals surface area contributed by atoms with E-state index in [1.807, 2.05) is 60.7 Å². The molecule has 0 radical (unpaired) electrons. The third kappa shape index (κ3) is 2.98. The van der Waals surface area contributed by atoms with Crippen molar-refractivity contribution in [1.29, 1.82) is 0 Å². The number of nitrogens with zero attached hydrogens (tertiary/aromatic N) is 1. The van der Waals surface area contributed by atoms with Crippen LogP contribution in [0.15, 0.2) is 82.7 Å². The van der Waals surface area contributed by atoms with Crippen LogP contribution >= 0.6 is 0 Å². The number of aromatic nitrogens is 1. The summed E-state index contributed by atoms with van der Waals surface area (Å²) >= 11 is 0. The highest BCUT2D eigenvalue weighted by molar-refractivity contribution is 6.07. The van der Waals surface area contributed by atoms with Crippen LogP contribution in [0.25, 0.3) is 21.7 Å². The lowest BCUT2D eigenvalue weighted by atomic mass is 10.0. The number of pyridine rings is 1. The number of para-hydroxylation sites is 1. The first kappa shape index (κ1) is 15.8. The lowest BCUT2D eigenvalue weighted by molar-refractivity contribution is 0.0957. The number of nitrogens with one attached hydrogen (secondary N) is 2. The van der Waals surface area contributed by atoms with Gasteiger partial charge < -0.3 is 4.98 Å². The average molecular weight is 341 g/mol. The van der Waals surface area contributed by atoms with Crippen LogP contribution in [0.3, 0.4) is 0 Å². The van der Waals surface area contributed by atoms with E-state index in [9.17, 15) is 9.59 Å². The maximum absolute atomic E-state index is 12.4. The van der Waals surface area contributed by atoms with Crippen LogP contribution in [0.4, 0.5) is 0 Å². The van der Waals surface area contributed by atoms with Crippen LogP contribution in [0.5, 0.6) is 0 Å². The first-order valence-corrected chi connectivity index (χ1v) is 8.15. The smallest absolute Gasteiger partial charge is 0.271 e. The molecule has 0 saturated carbocycles. The van der Waals surface area contributed by atoms with Crippen molar-refractivity contribution in [2.24, 2.45) is 5.10 Å². The molecule has 1 amide bonds. The number of hydrogen-bond acceptors (Lipinski definition) is 3. The summed E-state index contributed by atoms with van der Waals surface area (Å²) in [4.78, 5) is 27.3. The summed E-state index contributed by atoms with van der Waals surface area (Å²) in [6.45, 7) is 0. The fraction of sp³-hybridized carbons (Fsp3) is 0. The second-order valence-electron chi connectivity index (χ2n) is 5.87. The Balaban J connectivity index is 1.59. The highest BCUT2D eigenvalue weighted by Gasteiger charge is 2.08. The molecule has 0 saturated heterocycles. The van der Waals surface area contributed by atoms with Crippen molar-refractivity contribution >= 4 is 33.8 Å². The Labute approximate surface area is 149 Å². The SMILES string of the molecule is O=C(N/N=C\c1cc2ccccc2[nH]c1=O)c1cccc2ccccc12. The Morgan fingerprint density at radius 1 is 0.923 bits per heavy atom. The minimum absolute atomic E-state index is 0.258. The van der Waals surface area contributed by atoms with E-state index < -0.39 is 0 Å². The van der Waals surface area contributed by atoms with Gasteiger partial charge >= 0.3 is 0 Å². The molecule has 0 aliphatic heterocycles. The highest BCUT2D eigenvalue weighted by atomic mass is 16.2. The lowest BCUT2D eigenvalue weighted by Gasteiger charge is -2.04. The number of hydrogen-bond donors (Lipinski definition) is 2. The normalized spacial score (nSPS) is 11.2. The Bertz CT molecular complexity index is 1200. The van der Waals surface area contributed by atoms with E-state index in [-0.39, 0.29) is 11.5 Å². The molecular formula is C21H15N3O2. The van der Waals surface area contributed by atoms with E-state index >= 15 is 0 Å². The van der Waals surface area contributed by atoms with E-state index in [1.165, 1.54) is 6.21 Å². The summed E-state index contributed by atoms with van der Waals surface area (Å²) < 4.78 is 0. The Hall–Kier alpha value is -3.73. The molecule has 0 atom stereocenters. The van der Waals surface area contributed by atoms with E-state index in [2.05, 4.69) is 15.5 Å². The molecule has 0 fully saturated rings. The van der Waals surface area contributed by atoms with Gasteiger partial charge in [-0.05, 0) is 34.4 Å². The molecule has 5 heteroatoms. The average Bonchev–Trinajstić information content (AvgIpc) is 2.67. The molecular weight excluding hydrogens is 326 g/mol. The van der Waals surface area contributed by atoms with Crippen molar-refractivity contribution in [3.63, 3.8) is 0 Å². The molecule has 1 aromatic heterocycles. The second-order valence-corrected chi connectivity index (χ2v) is 5.87. The molecule has 2 N–H and O–H groups in total. The van der Waals surface area contributed by atoms with Gasteiger partial charge in [0.2, 0.25) is 0 Å². The summed E-state index contributed by atoms with van der Waals surface area (Å²) in [5.74, 6) is -0.324. The fourth-order valence-corrected chi connectivity index (χ4v) is 2.90. The van der Waals surface area contributed by atoms with Gasteiger partial charge in [0.05, 0.1) is 11.8 Å².